The lowest BCUT2D eigenvalue weighted by Crippen LogP contribution is -1.98. The van der Waals surface area contributed by atoms with Gasteiger partial charge in [-0.15, -0.1) is 0 Å². The zero-order valence-corrected chi connectivity index (χ0v) is 12.0. The molecule has 0 aliphatic heterocycles. The van der Waals surface area contributed by atoms with Gasteiger partial charge in [0.1, 0.15) is 0 Å². The lowest BCUT2D eigenvalue weighted by molar-refractivity contribution is 0.309. The molecule has 88 valence electrons. The van der Waals surface area contributed by atoms with Crippen molar-refractivity contribution in [2.24, 2.45) is 5.16 Å². The van der Waals surface area contributed by atoms with E-state index in [9.17, 15) is 0 Å². The third-order valence-corrected chi connectivity index (χ3v) is 4.00. The first-order valence-electron chi connectivity index (χ1n) is 4.51. The zero-order valence-electron chi connectivity index (χ0n) is 8.83. The molecule has 6 heteroatoms. The Kier molecular flexibility index (Phi) is 5.08. The van der Waals surface area contributed by atoms with E-state index in [0.29, 0.717) is 23.7 Å². The Morgan fingerprint density at radius 1 is 1.44 bits per heavy atom. The molecule has 0 aliphatic rings. The van der Waals surface area contributed by atoms with E-state index in [-0.39, 0.29) is 0 Å². The van der Waals surface area contributed by atoms with Crippen molar-refractivity contribution in [2.45, 2.75) is 6.92 Å². The van der Waals surface area contributed by atoms with E-state index in [1.807, 2.05) is 6.92 Å². The fourth-order valence-corrected chi connectivity index (χ4v) is 2.20. The number of ether oxygens (including phenoxy) is 2. The second kappa shape index (κ2) is 6.10. The van der Waals surface area contributed by atoms with Gasteiger partial charge in [0.2, 0.25) is 0 Å². The van der Waals surface area contributed by atoms with Crippen LogP contribution in [0.2, 0.25) is 0 Å². The molecular formula is C10H11Br2NO3. The standard InChI is InChI=1S/C10H11Br2NO3/c1-3-16-7-4-6(5-13-14)8(11)9(12)10(7)15-2/h4-5,14H,3H2,1-2H3/b13-5+. The van der Waals surface area contributed by atoms with Crippen molar-refractivity contribution in [3.63, 3.8) is 0 Å². The summed E-state index contributed by atoms with van der Waals surface area (Å²) in [6.07, 6.45) is 1.32. The van der Waals surface area contributed by atoms with Gasteiger partial charge in [0.15, 0.2) is 11.5 Å². The Bertz CT molecular complexity index is 408. The molecule has 0 saturated heterocycles. The molecule has 1 rings (SSSR count). The summed E-state index contributed by atoms with van der Waals surface area (Å²) in [5, 5.41) is 11.5. The van der Waals surface area contributed by atoms with Crippen LogP contribution in [0, 0.1) is 0 Å². The largest absolute Gasteiger partial charge is 0.492 e. The highest BCUT2D eigenvalue weighted by atomic mass is 79.9. The number of methoxy groups -OCH3 is 1. The zero-order chi connectivity index (χ0) is 12.1. The number of rotatable bonds is 4. The van der Waals surface area contributed by atoms with Gasteiger partial charge < -0.3 is 14.7 Å². The molecule has 0 radical (unpaired) electrons. The first-order valence-corrected chi connectivity index (χ1v) is 6.10. The van der Waals surface area contributed by atoms with Gasteiger partial charge in [0.25, 0.3) is 0 Å². The molecule has 0 heterocycles. The maximum atomic E-state index is 8.54. The summed E-state index contributed by atoms with van der Waals surface area (Å²) in [5.74, 6) is 1.19. The summed E-state index contributed by atoms with van der Waals surface area (Å²) in [6, 6.07) is 1.73. The van der Waals surface area contributed by atoms with Crippen LogP contribution in [0.25, 0.3) is 0 Å². The van der Waals surface area contributed by atoms with Crippen molar-refractivity contribution in [1.82, 2.24) is 0 Å². The van der Waals surface area contributed by atoms with Crippen LogP contribution in [0.3, 0.4) is 0 Å². The molecule has 0 fully saturated rings. The predicted octanol–water partition coefficient (Wildman–Crippen LogP) is 3.43. The van der Waals surface area contributed by atoms with E-state index in [2.05, 4.69) is 37.0 Å². The van der Waals surface area contributed by atoms with Gasteiger partial charge in [-0.05, 0) is 44.8 Å². The van der Waals surface area contributed by atoms with E-state index in [1.165, 1.54) is 6.21 Å². The number of benzene rings is 1. The average Bonchev–Trinajstić information content (AvgIpc) is 2.27. The van der Waals surface area contributed by atoms with Crippen LogP contribution in [-0.2, 0) is 0 Å². The van der Waals surface area contributed by atoms with Gasteiger partial charge in [0.05, 0.1) is 24.4 Å². The lowest BCUT2D eigenvalue weighted by Gasteiger charge is -2.13. The molecular weight excluding hydrogens is 342 g/mol. The summed E-state index contributed by atoms with van der Waals surface area (Å²) in [6.45, 7) is 2.41. The van der Waals surface area contributed by atoms with Crippen LogP contribution < -0.4 is 9.47 Å². The second-order valence-electron chi connectivity index (χ2n) is 2.80. The fourth-order valence-electron chi connectivity index (χ4n) is 1.21. The molecule has 16 heavy (non-hydrogen) atoms. The van der Waals surface area contributed by atoms with E-state index in [0.717, 1.165) is 8.95 Å². The summed E-state index contributed by atoms with van der Waals surface area (Å²) in [7, 11) is 1.56. The Morgan fingerprint density at radius 3 is 2.62 bits per heavy atom. The average molecular weight is 353 g/mol. The van der Waals surface area contributed by atoms with Crippen LogP contribution >= 0.6 is 31.9 Å². The van der Waals surface area contributed by atoms with Gasteiger partial charge in [-0.25, -0.2) is 0 Å². The smallest absolute Gasteiger partial charge is 0.176 e. The molecule has 0 atom stereocenters. The minimum absolute atomic E-state index is 0.528. The number of hydrogen-bond acceptors (Lipinski definition) is 4. The highest BCUT2D eigenvalue weighted by Gasteiger charge is 2.15. The lowest BCUT2D eigenvalue weighted by atomic mass is 10.2. The third-order valence-electron chi connectivity index (χ3n) is 1.86. The summed E-state index contributed by atoms with van der Waals surface area (Å²) < 4.78 is 12.1. The van der Waals surface area contributed by atoms with Crippen molar-refractivity contribution < 1.29 is 14.7 Å². The van der Waals surface area contributed by atoms with Crippen molar-refractivity contribution in [2.75, 3.05) is 13.7 Å². The maximum Gasteiger partial charge on any atom is 0.176 e. The first kappa shape index (κ1) is 13.3. The monoisotopic (exact) mass is 351 g/mol. The molecule has 0 unspecified atom stereocenters. The molecule has 4 nitrogen and oxygen atoms in total. The molecule has 0 aliphatic carbocycles. The van der Waals surface area contributed by atoms with Gasteiger partial charge in [0, 0.05) is 10.0 Å². The Hall–Kier alpha value is -0.750. The Labute approximate surface area is 110 Å². The number of hydrogen-bond donors (Lipinski definition) is 1. The fraction of sp³-hybridized carbons (Fsp3) is 0.300. The van der Waals surface area contributed by atoms with Crippen LogP contribution in [-0.4, -0.2) is 25.1 Å². The quantitative estimate of drug-likeness (QED) is 0.513. The Morgan fingerprint density at radius 2 is 2.12 bits per heavy atom. The normalized spacial score (nSPS) is 10.8. The maximum absolute atomic E-state index is 8.54. The molecule has 1 aromatic rings. The van der Waals surface area contributed by atoms with Crippen LogP contribution in [0.1, 0.15) is 12.5 Å². The number of halogens is 2. The molecule has 0 saturated carbocycles. The molecule has 0 aromatic heterocycles. The van der Waals surface area contributed by atoms with Crippen LogP contribution in [0.4, 0.5) is 0 Å². The van der Waals surface area contributed by atoms with Crippen molar-refractivity contribution >= 4 is 38.1 Å². The molecule has 1 aromatic carbocycles. The topological polar surface area (TPSA) is 51.0 Å². The molecule has 0 amide bonds. The number of nitrogens with zero attached hydrogens (tertiary/aromatic N) is 1. The van der Waals surface area contributed by atoms with E-state index in [4.69, 9.17) is 14.7 Å². The van der Waals surface area contributed by atoms with E-state index >= 15 is 0 Å². The predicted molar refractivity (Wildman–Crippen MR) is 68.9 cm³/mol. The highest BCUT2D eigenvalue weighted by Crippen LogP contribution is 2.42. The van der Waals surface area contributed by atoms with Crippen molar-refractivity contribution in [3.05, 3.63) is 20.6 Å². The van der Waals surface area contributed by atoms with Crippen molar-refractivity contribution in [1.29, 1.82) is 0 Å². The van der Waals surface area contributed by atoms with Crippen molar-refractivity contribution in [3.8, 4) is 11.5 Å². The Balaban J connectivity index is 3.36. The molecule has 0 spiro atoms. The minimum atomic E-state index is 0.528. The SMILES string of the molecule is CCOc1cc(/C=N/O)c(Br)c(Br)c1OC. The van der Waals surface area contributed by atoms with Crippen LogP contribution in [0.15, 0.2) is 20.2 Å². The third kappa shape index (κ3) is 2.68. The second-order valence-corrected chi connectivity index (χ2v) is 4.39. The summed E-state index contributed by atoms with van der Waals surface area (Å²) in [4.78, 5) is 0. The summed E-state index contributed by atoms with van der Waals surface area (Å²) >= 11 is 6.76. The molecule has 1 N–H and O–H groups in total. The van der Waals surface area contributed by atoms with Gasteiger partial charge in [-0.3, -0.25) is 0 Å². The van der Waals surface area contributed by atoms with E-state index < -0.39 is 0 Å². The minimum Gasteiger partial charge on any atom is -0.492 e. The highest BCUT2D eigenvalue weighted by molar-refractivity contribution is 9.13. The number of oxime groups is 1. The molecule has 0 bridgehead atoms. The van der Waals surface area contributed by atoms with Crippen LogP contribution in [0.5, 0.6) is 11.5 Å². The van der Waals surface area contributed by atoms with Gasteiger partial charge in [-0.1, -0.05) is 5.16 Å². The first-order chi connectivity index (χ1) is 7.65. The summed E-state index contributed by atoms with van der Waals surface area (Å²) in [5.41, 5.74) is 0.693. The van der Waals surface area contributed by atoms with Gasteiger partial charge >= 0.3 is 0 Å². The van der Waals surface area contributed by atoms with Gasteiger partial charge in [-0.2, -0.15) is 0 Å². The van der Waals surface area contributed by atoms with E-state index in [1.54, 1.807) is 13.2 Å².